The van der Waals surface area contributed by atoms with E-state index in [4.69, 9.17) is 9.47 Å². The Hall–Kier alpha value is -2.57. The van der Waals surface area contributed by atoms with Crippen LogP contribution in [0.15, 0.2) is 24.3 Å². The van der Waals surface area contributed by atoms with Gasteiger partial charge in [-0.3, -0.25) is 4.79 Å². The molecule has 0 aromatic heterocycles. The molecule has 2 aromatic carbocycles. The van der Waals surface area contributed by atoms with Gasteiger partial charge in [0.05, 0.1) is 13.2 Å². The second-order valence-corrected chi connectivity index (χ2v) is 24.9. The van der Waals surface area contributed by atoms with Crippen molar-refractivity contribution in [1.82, 2.24) is 0 Å². The first-order valence-corrected chi connectivity index (χ1v) is 31.9. The van der Waals surface area contributed by atoms with Crippen molar-refractivity contribution in [1.29, 1.82) is 0 Å². The summed E-state index contributed by atoms with van der Waals surface area (Å²) in [6.07, 6.45) is 48.9. The smallest absolute Gasteiger partial charge is 0.200 e. The molecule has 0 unspecified atom stereocenters. The van der Waals surface area contributed by atoms with Gasteiger partial charge in [-0.25, -0.2) is 8.78 Å². The van der Waals surface area contributed by atoms with Crippen LogP contribution >= 0.6 is 0 Å². The first kappa shape index (κ1) is 60.7. The summed E-state index contributed by atoms with van der Waals surface area (Å²) in [6, 6.07) is 6.84. The molecule has 4 fully saturated rings. The molecule has 4 aliphatic carbocycles. The van der Waals surface area contributed by atoms with Crippen molar-refractivity contribution in [3.8, 4) is 11.5 Å². The number of hydrogen-bond donors (Lipinski definition) is 0. The number of benzene rings is 2. The topological polar surface area (TPSA) is 35.5 Å². The Balaban J connectivity index is 0.704. The Morgan fingerprint density at radius 2 is 0.662 bits per heavy atom. The van der Waals surface area contributed by atoms with Gasteiger partial charge in [0.25, 0.3) is 0 Å². The minimum atomic E-state index is -0.831. The van der Waals surface area contributed by atoms with Gasteiger partial charge in [0, 0.05) is 12.8 Å². The van der Waals surface area contributed by atoms with Crippen molar-refractivity contribution >= 4 is 5.78 Å². The first-order valence-electron chi connectivity index (χ1n) is 31.9. The summed E-state index contributed by atoms with van der Waals surface area (Å²) in [5.41, 5.74) is 1.07. The number of ether oxygens (including phenoxy) is 2. The van der Waals surface area contributed by atoms with E-state index in [2.05, 4.69) is 13.8 Å². The molecule has 4 aliphatic rings. The number of carbonyl (C=O) groups excluding carboxylic acids is 1. The second-order valence-electron chi connectivity index (χ2n) is 24.9. The number of carbonyl (C=O) groups is 1. The van der Waals surface area contributed by atoms with Crippen molar-refractivity contribution < 1.29 is 31.8 Å². The lowest BCUT2D eigenvalue weighted by molar-refractivity contribution is -0.119. The number of hydrogen-bond acceptors (Lipinski definition) is 3. The SMILES string of the molecule is CCCCCC1CCC(CCC2CCC(c3ccc(OCCCCCCCCC(=O)CCCCCCCCOc4ccc(C5CCC(CCC6CCC(CCCCC)CC6)CC5)c(F)c4F)c(F)c3F)CC2)CC1. The summed E-state index contributed by atoms with van der Waals surface area (Å²) >= 11 is 0. The average molecular weight is 1040 g/mol. The molecule has 0 bridgehead atoms. The highest BCUT2D eigenvalue weighted by Gasteiger charge is 2.30. The zero-order valence-electron chi connectivity index (χ0n) is 47.3. The van der Waals surface area contributed by atoms with E-state index >= 15 is 17.6 Å². The summed E-state index contributed by atoms with van der Waals surface area (Å²) in [6.45, 7) is 5.34. The number of Topliss-reactive ketones (excluding diaryl/α,β-unsaturated/α-hetero) is 1. The molecule has 0 spiro atoms. The summed E-state index contributed by atoms with van der Waals surface area (Å²) in [4.78, 5) is 12.5. The molecule has 4 saturated carbocycles. The quantitative estimate of drug-likeness (QED) is 0.0504. The Morgan fingerprint density at radius 3 is 1.00 bits per heavy atom. The van der Waals surface area contributed by atoms with Crippen molar-refractivity contribution in [2.45, 2.75) is 295 Å². The van der Waals surface area contributed by atoms with Gasteiger partial charge in [-0.1, -0.05) is 206 Å². The number of halogens is 4. The van der Waals surface area contributed by atoms with Crippen LogP contribution in [0.3, 0.4) is 0 Å². The fourth-order valence-electron chi connectivity index (χ4n) is 14.1. The van der Waals surface area contributed by atoms with Gasteiger partial charge in [0.2, 0.25) is 11.6 Å². The standard InChI is InChI=1S/C67H106F4O3/c1-3-5-15-21-51-25-29-53(30-26-51)33-35-55-37-41-57(42-38-55)60-45-47-62(66(70)64(60)68)73-49-19-13-9-7-11-17-23-59(72)24-18-12-8-10-14-20-50-74-63-48-46-61(65(69)67(63)71)58-43-39-56(40-44-58)36-34-54-31-27-52(28-32-54)22-16-6-4-2/h45-48,51-58H,3-44,49-50H2,1-2H3. The molecule has 6 rings (SSSR count). The summed E-state index contributed by atoms with van der Waals surface area (Å²) in [5.74, 6) is 2.73. The number of ketones is 1. The normalized spacial score (nSPS) is 24.5. The van der Waals surface area contributed by atoms with Crippen LogP contribution in [0, 0.1) is 58.8 Å². The largest absolute Gasteiger partial charge is 0.490 e. The molecule has 7 heteroatoms. The first-order chi connectivity index (χ1) is 36.2. The van der Waals surface area contributed by atoms with E-state index in [0.29, 0.717) is 43.0 Å². The molecule has 0 radical (unpaired) electrons. The molecule has 2 aromatic rings. The molecule has 0 N–H and O–H groups in total. The fourth-order valence-corrected chi connectivity index (χ4v) is 14.1. The van der Waals surface area contributed by atoms with Crippen molar-refractivity contribution in [3.63, 3.8) is 0 Å². The van der Waals surface area contributed by atoms with E-state index in [1.54, 1.807) is 24.3 Å². The Kier molecular flexibility index (Phi) is 28.7. The van der Waals surface area contributed by atoms with Gasteiger partial charge in [0.15, 0.2) is 23.1 Å². The van der Waals surface area contributed by atoms with E-state index in [0.717, 1.165) is 164 Å². The van der Waals surface area contributed by atoms with E-state index in [-0.39, 0.29) is 23.3 Å². The average Bonchev–Trinajstić information content (AvgIpc) is 3.42. The molecular weight excluding hydrogens is 929 g/mol. The van der Waals surface area contributed by atoms with Crippen LogP contribution in [0.5, 0.6) is 11.5 Å². The molecule has 0 atom stereocenters. The second kappa shape index (κ2) is 35.0. The van der Waals surface area contributed by atoms with Crippen LogP contribution < -0.4 is 9.47 Å². The van der Waals surface area contributed by atoms with Crippen LogP contribution in [-0.4, -0.2) is 19.0 Å². The van der Waals surface area contributed by atoms with E-state index < -0.39 is 23.3 Å². The Labute approximate surface area is 450 Å². The monoisotopic (exact) mass is 1030 g/mol. The molecule has 0 aliphatic heterocycles. The van der Waals surface area contributed by atoms with Gasteiger partial charge in [-0.05, 0) is 148 Å². The zero-order valence-corrected chi connectivity index (χ0v) is 47.3. The van der Waals surface area contributed by atoms with Gasteiger partial charge in [-0.15, -0.1) is 0 Å². The third kappa shape index (κ3) is 21.3. The molecular formula is C67H106F4O3. The van der Waals surface area contributed by atoms with Crippen LogP contribution in [0.4, 0.5) is 17.6 Å². The van der Waals surface area contributed by atoms with E-state index in [1.807, 2.05) is 0 Å². The summed E-state index contributed by atoms with van der Waals surface area (Å²) in [7, 11) is 0. The predicted molar refractivity (Wildman–Crippen MR) is 300 cm³/mol. The van der Waals surface area contributed by atoms with Crippen molar-refractivity contribution in [2.24, 2.45) is 35.5 Å². The molecule has 74 heavy (non-hydrogen) atoms. The van der Waals surface area contributed by atoms with Crippen LogP contribution in [0.2, 0.25) is 0 Å². The molecule has 3 nitrogen and oxygen atoms in total. The maximum Gasteiger partial charge on any atom is 0.200 e. The minimum absolute atomic E-state index is 0.0309. The van der Waals surface area contributed by atoms with Gasteiger partial charge in [0.1, 0.15) is 5.78 Å². The lowest BCUT2D eigenvalue weighted by Crippen LogP contribution is -2.18. The molecule has 0 amide bonds. The van der Waals surface area contributed by atoms with Gasteiger partial charge in [-0.2, -0.15) is 8.78 Å². The Morgan fingerprint density at radius 1 is 0.365 bits per heavy atom. The molecule has 0 heterocycles. The van der Waals surface area contributed by atoms with Crippen molar-refractivity contribution in [2.75, 3.05) is 13.2 Å². The van der Waals surface area contributed by atoms with Gasteiger partial charge >= 0.3 is 0 Å². The van der Waals surface area contributed by atoms with Crippen LogP contribution in [0.1, 0.15) is 306 Å². The number of rotatable bonds is 36. The lowest BCUT2D eigenvalue weighted by Gasteiger charge is -2.32. The highest BCUT2D eigenvalue weighted by molar-refractivity contribution is 5.78. The highest BCUT2D eigenvalue weighted by atomic mass is 19.2. The predicted octanol–water partition coefficient (Wildman–Crippen LogP) is 21.6. The summed E-state index contributed by atoms with van der Waals surface area (Å²) in [5, 5.41) is 0. The fraction of sp³-hybridized carbons (Fsp3) is 0.806. The maximum absolute atomic E-state index is 15.3. The maximum atomic E-state index is 15.3. The van der Waals surface area contributed by atoms with Crippen LogP contribution in [-0.2, 0) is 4.79 Å². The third-order valence-electron chi connectivity index (χ3n) is 19.3. The van der Waals surface area contributed by atoms with E-state index in [9.17, 15) is 4.79 Å². The lowest BCUT2D eigenvalue weighted by atomic mass is 9.74. The zero-order chi connectivity index (χ0) is 52.2. The Bertz CT molecular complexity index is 1690. The summed E-state index contributed by atoms with van der Waals surface area (Å²) < 4.78 is 72.3. The van der Waals surface area contributed by atoms with Crippen molar-refractivity contribution in [3.05, 3.63) is 58.7 Å². The van der Waals surface area contributed by atoms with E-state index in [1.165, 1.54) is 128 Å². The van der Waals surface area contributed by atoms with Crippen LogP contribution in [0.25, 0.3) is 0 Å². The van der Waals surface area contributed by atoms with Gasteiger partial charge < -0.3 is 9.47 Å². The molecule has 420 valence electrons. The third-order valence-corrected chi connectivity index (χ3v) is 19.3. The highest BCUT2D eigenvalue weighted by Crippen LogP contribution is 2.44. The number of unbranched alkanes of at least 4 members (excludes halogenated alkanes) is 14. The minimum Gasteiger partial charge on any atom is -0.490 e. The molecule has 0 saturated heterocycles.